The molecule has 1 aromatic carbocycles. The van der Waals surface area contributed by atoms with Crippen molar-refractivity contribution in [3.8, 4) is 6.07 Å². The highest BCUT2D eigenvalue weighted by molar-refractivity contribution is 7.14. The van der Waals surface area contributed by atoms with Crippen LogP contribution in [0.3, 0.4) is 0 Å². The van der Waals surface area contributed by atoms with E-state index in [9.17, 15) is 14.4 Å². The van der Waals surface area contributed by atoms with Crippen LogP contribution >= 0.6 is 11.3 Å². The molecule has 0 saturated heterocycles. The first-order valence-electron chi connectivity index (χ1n) is 6.42. The van der Waals surface area contributed by atoms with Gasteiger partial charge in [0.2, 0.25) is 0 Å². The van der Waals surface area contributed by atoms with Crippen LogP contribution in [0.2, 0.25) is 0 Å². The van der Waals surface area contributed by atoms with Gasteiger partial charge in [0.1, 0.15) is 16.9 Å². The molecule has 108 valence electrons. The number of anilines is 1. The Kier molecular flexibility index (Phi) is 4.10. The van der Waals surface area contributed by atoms with Gasteiger partial charge in [0.15, 0.2) is 0 Å². The summed E-state index contributed by atoms with van der Waals surface area (Å²) in [6.45, 7) is 6.05. The lowest BCUT2D eigenvalue weighted by atomic mass is 9.86. The van der Waals surface area contributed by atoms with Crippen molar-refractivity contribution in [2.24, 2.45) is 0 Å². The maximum absolute atomic E-state index is 12.9. The van der Waals surface area contributed by atoms with Gasteiger partial charge in [0.05, 0.1) is 5.56 Å². The Hall–Kier alpha value is -2.19. The zero-order chi connectivity index (χ0) is 15.6. The van der Waals surface area contributed by atoms with Gasteiger partial charge in [-0.3, -0.25) is 4.79 Å². The first kappa shape index (κ1) is 15.2. The Balaban J connectivity index is 2.28. The summed E-state index contributed by atoms with van der Waals surface area (Å²) in [5.74, 6) is -0.746. The molecule has 0 bridgehead atoms. The summed E-state index contributed by atoms with van der Waals surface area (Å²) in [7, 11) is 0. The number of hydrogen-bond acceptors (Lipinski definition) is 3. The van der Waals surface area contributed by atoms with Gasteiger partial charge in [-0.05, 0) is 40.6 Å². The van der Waals surface area contributed by atoms with E-state index in [2.05, 4.69) is 11.4 Å². The van der Waals surface area contributed by atoms with Crippen molar-refractivity contribution in [3.63, 3.8) is 0 Å². The number of nitrogens with zero attached hydrogens (tertiary/aromatic N) is 1. The molecule has 0 aliphatic carbocycles. The molecule has 21 heavy (non-hydrogen) atoms. The van der Waals surface area contributed by atoms with E-state index in [1.54, 1.807) is 0 Å². The van der Waals surface area contributed by atoms with Crippen LogP contribution in [0.1, 0.15) is 42.3 Å². The fourth-order valence-electron chi connectivity index (χ4n) is 1.89. The average molecular weight is 302 g/mol. The van der Waals surface area contributed by atoms with Crippen LogP contribution in [-0.4, -0.2) is 5.91 Å². The molecular formula is C16H15FN2OS. The molecular weight excluding hydrogens is 287 g/mol. The van der Waals surface area contributed by atoms with Crippen molar-refractivity contribution in [2.75, 3.05) is 5.32 Å². The highest BCUT2D eigenvalue weighted by Crippen LogP contribution is 2.35. The molecule has 1 heterocycles. The number of thiophene rings is 1. The molecule has 1 aromatic heterocycles. The second-order valence-corrected chi connectivity index (χ2v) is 6.56. The summed E-state index contributed by atoms with van der Waals surface area (Å²) in [5, 5.41) is 14.5. The normalized spacial score (nSPS) is 11.0. The summed E-state index contributed by atoms with van der Waals surface area (Å²) in [5.41, 5.74) is 1.58. The van der Waals surface area contributed by atoms with Crippen molar-refractivity contribution in [1.82, 2.24) is 0 Å². The summed E-state index contributed by atoms with van der Waals surface area (Å²) >= 11 is 1.33. The largest absolute Gasteiger partial charge is 0.312 e. The molecule has 0 aliphatic heterocycles. The second-order valence-electron chi connectivity index (χ2n) is 5.68. The van der Waals surface area contributed by atoms with Crippen molar-refractivity contribution in [3.05, 3.63) is 52.2 Å². The fraction of sp³-hybridized carbons (Fsp3) is 0.250. The molecule has 0 saturated carbocycles. The molecule has 0 atom stereocenters. The Labute approximate surface area is 127 Å². The van der Waals surface area contributed by atoms with E-state index in [-0.39, 0.29) is 11.3 Å². The number of benzene rings is 1. The molecule has 0 spiro atoms. The first-order chi connectivity index (χ1) is 9.82. The minimum atomic E-state index is -0.393. The zero-order valence-electron chi connectivity index (χ0n) is 12.0. The van der Waals surface area contributed by atoms with Crippen LogP contribution in [0.25, 0.3) is 0 Å². The Morgan fingerprint density at radius 3 is 2.43 bits per heavy atom. The standard InChI is InChI=1S/C16H15FN2OS/c1-16(2,3)13-9-21-15(12(13)8-18)19-14(20)10-4-6-11(17)7-5-10/h4-7,9H,1-3H3,(H,19,20). The van der Waals surface area contributed by atoms with Crippen LogP contribution in [0.4, 0.5) is 9.39 Å². The molecule has 0 fully saturated rings. The highest BCUT2D eigenvalue weighted by atomic mass is 32.1. The number of nitriles is 1. The van der Waals surface area contributed by atoms with Gasteiger partial charge in [-0.2, -0.15) is 5.26 Å². The van der Waals surface area contributed by atoms with E-state index < -0.39 is 5.82 Å². The number of nitrogens with one attached hydrogen (secondary N) is 1. The van der Waals surface area contributed by atoms with Crippen LogP contribution in [0.5, 0.6) is 0 Å². The molecule has 1 N–H and O–H groups in total. The van der Waals surface area contributed by atoms with E-state index in [1.165, 1.54) is 35.6 Å². The summed E-state index contributed by atoms with van der Waals surface area (Å²) in [4.78, 5) is 12.1. The van der Waals surface area contributed by atoms with Gasteiger partial charge in [-0.15, -0.1) is 11.3 Å². The molecule has 2 aromatic rings. The molecule has 5 heteroatoms. The monoisotopic (exact) mass is 302 g/mol. The van der Waals surface area contributed by atoms with Crippen molar-refractivity contribution in [2.45, 2.75) is 26.2 Å². The van der Waals surface area contributed by atoms with E-state index in [0.717, 1.165) is 5.56 Å². The van der Waals surface area contributed by atoms with Crippen molar-refractivity contribution >= 4 is 22.2 Å². The number of carbonyl (C=O) groups is 1. The van der Waals surface area contributed by atoms with Gasteiger partial charge >= 0.3 is 0 Å². The number of hydrogen-bond donors (Lipinski definition) is 1. The third kappa shape index (κ3) is 3.29. The van der Waals surface area contributed by atoms with Gasteiger partial charge in [-0.1, -0.05) is 20.8 Å². The highest BCUT2D eigenvalue weighted by Gasteiger charge is 2.23. The molecule has 0 aliphatic rings. The Bertz CT molecular complexity index is 705. The molecule has 2 rings (SSSR count). The lowest BCUT2D eigenvalue weighted by Gasteiger charge is -2.17. The predicted octanol–water partition coefficient (Wildman–Crippen LogP) is 4.31. The first-order valence-corrected chi connectivity index (χ1v) is 7.30. The van der Waals surface area contributed by atoms with Crippen molar-refractivity contribution < 1.29 is 9.18 Å². The second kappa shape index (κ2) is 5.66. The zero-order valence-corrected chi connectivity index (χ0v) is 12.8. The van der Waals surface area contributed by atoms with Gasteiger partial charge in [0.25, 0.3) is 5.91 Å². The molecule has 1 amide bonds. The van der Waals surface area contributed by atoms with Crippen LogP contribution < -0.4 is 5.32 Å². The van der Waals surface area contributed by atoms with Gasteiger partial charge in [0, 0.05) is 5.56 Å². The molecule has 0 unspecified atom stereocenters. The third-order valence-corrected chi connectivity index (χ3v) is 3.94. The maximum Gasteiger partial charge on any atom is 0.256 e. The van der Waals surface area contributed by atoms with E-state index in [4.69, 9.17) is 0 Å². The number of halogens is 1. The molecule has 0 radical (unpaired) electrons. The van der Waals surface area contributed by atoms with Crippen LogP contribution in [-0.2, 0) is 5.41 Å². The summed E-state index contributed by atoms with van der Waals surface area (Å²) in [6, 6.07) is 7.44. The minimum Gasteiger partial charge on any atom is -0.312 e. The van der Waals surface area contributed by atoms with Gasteiger partial charge in [-0.25, -0.2) is 4.39 Å². The minimum absolute atomic E-state index is 0.166. The van der Waals surface area contributed by atoms with Crippen LogP contribution in [0.15, 0.2) is 29.6 Å². The van der Waals surface area contributed by atoms with E-state index in [1.807, 2.05) is 26.2 Å². The van der Waals surface area contributed by atoms with E-state index >= 15 is 0 Å². The Morgan fingerprint density at radius 1 is 1.29 bits per heavy atom. The quantitative estimate of drug-likeness (QED) is 0.898. The predicted molar refractivity (Wildman–Crippen MR) is 82.1 cm³/mol. The molecule has 3 nitrogen and oxygen atoms in total. The smallest absolute Gasteiger partial charge is 0.256 e. The SMILES string of the molecule is CC(C)(C)c1csc(NC(=O)c2ccc(F)cc2)c1C#N. The number of amides is 1. The third-order valence-electron chi connectivity index (χ3n) is 3.04. The van der Waals surface area contributed by atoms with Crippen molar-refractivity contribution in [1.29, 1.82) is 5.26 Å². The topological polar surface area (TPSA) is 52.9 Å². The number of rotatable bonds is 2. The fourth-order valence-corrected chi connectivity index (χ4v) is 3.02. The summed E-state index contributed by atoms with van der Waals surface area (Å²) in [6.07, 6.45) is 0. The lowest BCUT2D eigenvalue weighted by Crippen LogP contribution is -2.14. The average Bonchev–Trinajstić information content (AvgIpc) is 2.82. The van der Waals surface area contributed by atoms with E-state index in [0.29, 0.717) is 16.1 Å². The number of carbonyl (C=O) groups excluding carboxylic acids is 1. The Morgan fingerprint density at radius 2 is 1.90 bits per heavy atom. The maximum atomic E-state index is 12.9. The van der Waals surface area contributed by atoms with Gasteiger partial charge < -0.3 is 5.32 Å². The van der Waals surface area contributed by atoms with Crippen LogP contribution in [0, 0.1) is 17.1 Å². The lowest BCUT2D eigenvalue weighted by molar-refractivity contribution is 0.102. The summed E-state index contributed by atoms with van der Waals surface area (Å²) < 4.78 is 12.9.